The summed E-state index contributed by atoms with van der Waals surface area (Å²) in [6, 6.07) is 3.11. The van der Waals surface area contributed by atoms with Crippen LogP contribution in [0.2, 0.25) is 5.15 Å². The molecule has 0 saturated carbocycles. The van der Waals surface area contributed by atoms with Crippen LogP contribution in [0.4, 0.5) is 0 Å². The van der Waals surface area contributed by atoms with Crippen LogP contribution < -0.4 is 0 Å². The van der Waals surface area contributed by atoms with Gasteiger partial charge in [-0.15, -0.1) is 6.42 Å². The van der Waals surface area contributed by atoms with E-state index in [4.69, 9.17) is 22.8 Å². The quantitative estimate of drug-likeness (QED) is 0.226. The number of pyridine rings is 1. The van der Waals surface area contributed by atoms with Crippen LogP contribution in [0.25, 0.3) is 5.76 Å². The van der Waals surface area contributed by atoms with Crippen molar-refractivity contribution in [2.45, 2.75) is 6.92 Å². The van der Waals surface area contributed by atoms with Gasteiger partial charge in [-0.2, -0.15) is 0 Å². The largest absolute Gasteiger partial charge is 0.506 e. The molecule has 1 aromatic heterocycles. The molecule has 0 unspecified atom stereocenters. The molecular formula is C14H13ClN2O3. The number of aliphatic imine (C=N–C) groups is 1. The normalized spacial score (nSPS) is 11.8. The Kier molecular flexibility index (Phi) is 6.27. The first-order valence-corrected chi connectivity index (χ1v) is 6.14. The molecule has 0 atom stereocenters. The first-order valence-electron chi connectivity index (χ1n) is 5.76. The number of esters is 1. The van der Waals surface area contributed by atoms with Gasteiger partial charge >= 0.3 is 5.97 Å². The van der Waals surface area contributed by atoms with Crippen molar-refractivity contribution < 1.29 is 14.6 Å². The summed E-state index contributed by atoms with van der Waals surface area (Å²) in [6.45, 7) is 1.90. The number of hydrogen-bond donors (Lipinski definition) is 1. The number of terminal acetylenes is 1. The lowest BCUT2D eigenvalue weighted by Crippen LogP contribution is -2.11. The Hall–Kier alpha value is -2.32. The summed E-state index contributed by atoms with van der Waals surface area (Å²) in [5, 5.41) is 10.2. The molecule has 0 aromatic carbocycles. The first-order chi connectivity index (χ1) is 9.61. The van der Waals surface area contributed by atoms with Gasteiger partial charge in [0, 0.05) is 12.4 Å². The first kappa shape index (κ1) is 15.7. The van der Waals surface area contributed by atoms with Crippen LogP contribution in [0, 0.1) is 12.3 Å². The third-order valence-electron chi connectivity index (χ3n) is 2.17. The second kappa shape index (κ2) is 7.97. The van der Waals surface area contributed by atoms with E-state index in [1.807, 2.05) is 0 Å². The lowest BCUT2D eigenvalue weighted by atomic mass is 10.1. The minimum atomic E-state index is -0.717. The summed E-state index contributed by atoms with van der Waals surface area (Å²) in [4.78, 5) is 19.5. The van der Waals surface area contributed by atoms with Gasteiger partial charge in [0.25, 0.3) is 0 Å². The molecule has 0 fully saturated rings. The van der Waals surface area contributed by atoms with Gasteiger partial charge in [0.15, 0.2) is 0 Å². The summed E-state index contributed by atoms with van der Waals surface area (Å²) in [5.41, 5.74) is 0.0846. The van der Waals surface area contributed by atoms with Gasteiger partial charge in [0.1, 0.15) is 16.5 Å². The van der Waals surface area contributed by atoms with E-state index in [0.29, 0.717) is 0 Å². The molecule has 1 heterocycles. The zero-order chi connectivity index (χ0) is 15.0. The van der Waals surface area contributed by atoms with E-state index in [0.717, 1.165) is 6.21 Å². The molecule has 0 bridgehead atoms. The van der Waals surface area contributed by atoms with Crippen molar-refractivity contribution in [2.24, 2.45) is 4.99 Å². The Bertz CT molecular complexity index is 588. The van der Waals surface area contributed by atoms with Crippen LogP contribution in [0.3, 0.4) is 0 Å². The van der Waals surface area contributed by atoms with Crippen molar-refractivity contribution in [3.63, 3.8) is 0 Å². The smallest absolute Gasteiger partial charge is 0.343 e. The Labute approximate surface area is 122 Å². The van der Waals surface area contributed by atoms with E-state index >= 15 is 0 Å². The number of carbonyl (C=O) groups is 1. The fourth-order valence-corrected chi connectivity index (χ4v) is 1.53. The van der Waals surface area contributed by atoms with E-state index < -0.39 is 5.97 Å². The molecule has 1 N–H and O–H groups in total. The Morgan fingerprint density at radius 3 is 3.05 bits per heavy atom. The number of aliphatic hydroxyl groups is 1. The SMILES string of the molecule is C#CCN=C/C(C(=O)OCC)=C(\O)c1cccnc1Cl. The summed E-state index contributed by atoms with van der Waals surface area (Å²) in [5.74, 6) is 1.22. The van der Waals surface area contributed by atoms with Crippen molar-refractivity contribution in [1.29, 1.82) is 0 Å². The lowest BCUT2D eigenvalue weighted by molar-refractivity contribution is -0.137. The van der Waals surface area contributed by atoms with Crippen LogP contribution in [0.5, 0.6) is 0 Å². The zero-order valence-corrected chi connectivity index (χ0v) is 11.6. The average Bonchev–Trinajstić information content (AvgIpc) is 2.44. The molecule has 0 spiro atoms. The zero-order valence-electron chi connectivity index (χ0n) is 10.8. The number of aliphatic hydroxyl groups excluding tert-OH is 1. The molecule has 104 valence electrons. The van der Waals surface area contributed by atoms with Crippen molar-refractivity contribution in [3.05, 3.63) is 34.6 Å². The number of carbonyl (C=O) groups excluding carboxylic acids is 1. The molecule has 5 nitrogen and oxygen atoms in total. The number of ether oxygens (including phenoxy) is 1. The number of hydrogen-bond acceptors (Lipinski definition) is 5. The monoisotopic (exact) mass is 292 g/mol. The van der Waals surface area contributed by atoms with Crippen LogP contribution in [-0.2, 0) is 9.53 Å². The fraction of sp³-hybridized carbons (Fsp3) is 0.214. The maximum absolute atomic E-state index is 11.8. The van der Waals surface area contributed by atoms with Crippen LogP contribution in [0.1, 0.15) is 12.5 Å². The van der Waals surface area contributed by atoms with E-state index in [1.54, 1.807) is 13.0 Å². The second-order valence-electron chi connectivity index (χ2n) is 3.50. The van der Waals surface area contributed by atoms with Crippen molar-refractivity contribution >= 4 is 29.5 Å². The number of nitrogens with zero attached hydrogens (tertiary/aromatic N) is 2. The van der Waals surface area contributed by atoms with Gasteiger partial charge in [-0.3, -0.25) is 4.99 Å². The molecule has 0 radical (unpaired) electrons. The average molecular weight is 293 g/mol. The molecule has 0 saturated heterocycles. The number of aromatic nitrogens is 1. The Morgan fingerprint density at radius 1 is 1.70 bits per heavy atom. The van der Waals surface area contributed by atoms with Crippen LogP contribution in [0.15, 0.2) is 28.9 Å². The van der Waals surface area contributed by atoms with E-state index in [9.17, 15) is 9.90 Å². The second-order valence-corrected chi connectivity index (χ2v) is 3.86. The van der Waals surface area contributed by atoms with Gasteiger partial charge in [-0.1, -0.05) is 17.5 Å². The highest BCUT2D eigenvalue weighted by Gasteiger charge is 2.18. The number of rotatable bonds is 5. The Balaban J connectivity index is 3.26. The summed E-state index contributed by atoms with van der Waals surface area (Å²) >= 11 is 5.87. The molecule has 1 rings (SSSR count). The molecule has 0 aliphatic heterocycles. The Morgan fingerprint density at radius 2 is 2.45 bits per heavy atom. The molecule has 0 amide bonds. The van der Waals surface area contributed by atoms with E-state index in [2.05, 4.69) is 15.9 Å². The van der Waals surface area contributed by atoms with Crippen LogP contribution >= 0.6 is 11.6 Å². The van der Waals surface area contributed by atoms with E-state index in [1.165, 1.54) is 12.3 Å². The third-order valence-corrected chi connectivity index (χ3v) is 2.47. The molecule has 0 aliphatic rings. The van der Waals surface area contributed by atoms with Crippen LogP contribution in [-0.4, -0.2) is 35.4 Å². The molecule has 20 heavy (non-hydrogen) atoms. The van der Waals surface area contributed by atoms with Gasteiger partial charge < -0.3 is 9.84 Å². The molecular weight excluding hydrogens is 280 g/mol. The predicted octanol–water partition coefficient (Wildman–Crippen LogP) is 2.27. The fourth-order valence-electron chi connectivity index (χ4n) is 1.32. The summed E-state index contributed by atoms with van der Waals surface area (Å²) < 4.78 is 4.85. The van der Waals surface area contributed by atoms with Gasteiger partial charge in [0.05, 0.1) is 18.7 Å². The van der Waals surface area contributed by atoms with E-state index in [-0.39, 0.29) is 35.2 Å². The minimum Gasteiger partial charge on any atom is -0.506 e. The standard InChI is InChI=1S/C14H13ClN2O3/c1-3-7-16-9-11(14(19)20-4-2)12(18)10-6-5-8-17-13(10)15/h1,5-6,8-9,18H,4,7H2,2H3/b12-11+,16-9?. The summed E-state index contributed by atoms with van der Waals surface area (Å²) in [7, 11) is 0. The van der Waals surface area contributed by atoms with Gasteiger partial charge in [-0.25, -0.2) is 9.78 Å². The topological polar surface area (TPSA) is 71.8 Å². The highest BCUT2D eigenvalue weighted by molar-refractivity contribution is 6.31. The maximum Gasteiger partial charge on any atom is 0.343 e. The highest BCUT2D eigenvalue weighted by atomic mass is 35.5. The summed E-state index contributed by atoms with van der Waals surface area (Å²) in [6.07, 6.45) is 7.70. The maximum atomic E-state index is 11.8. The third kappa shape index (κ3) is 4.11. The van der Waals surface area contributed by atoms with Crippen molar-refractivity contribution in [2.75, 3.05) is 13.2 Å². The molecule has 0 aliphatic carbocycles. The lowest BCUT2D eigenvalue weighted by Gasteiger charge is -2.07. The minimum absolute atomic E-state index is 0.0668. The number of halogens is 1. The van der Waals surface area contributed by atoms with Crippen molar-refractivity contribution in [1.82, 2.24) is 4.98 Å². The van der Waals surface area contributed by atoms with Gasteiger partial charge in [-0.05, 0) is 19.1 Å². The molecule has 6 heteroatoms. The van der Waals surface area contributed by atoms with Crippen molar-refractivity contribution in [3.8, 4) is 12.3 Å². The predicted molar refractivity (Wildman–Crippen MR) is 77.6 cm³/mol. The van der Waals surface area contributed by atoms with Gasteiger partial charge in [0.2, 0.25) is 0 Å². The highest BCUT2D eigenvalue weighted by Crippen LogP contribution is 2.22. The molecule has 1 aromatic rings.